The molecule has 0 aromatic heterocycles. The molecule has 0 aliphatic carbocycles. The molecule has 18 heavy (non-hydrogen) atoms. The lowest BCUT2D eigenvalue weighted by Crippen LogP contribution is -2.46. The SMILES string of the molecule is CCN(C(=O)CN1CCCNCC1)C(C)COC. The summed E-state index contributed by atoms with van der Waals surface area (Å²) in [5, 5.41) is 3.35. The first-order valence-electron chi connectivity index (χ1n) is 6.90. The van der Waals surface area contributed by atoms with Gasteiger partial charge in [0.1, 0.15) is 0 Å². The number of nitrogens with one attached hydrogen (secondary N) is 1. The highest BCUT2D eigenvalue weighted by Gasteiger charge is 2.21. The molecule has 1 fully saturated rings. The molecule has 5 heteroatoms. The number of amides is 1. The number of nitrogens with zero attached hydrogens (tertiary/aromatic N) is 2. The zero-order valence-electron chi connectivity index (χ0n) is 11.9. The van der Waals surface area contributed by atoms with Crippen LogP contribution in [0.2, 0.25) is 0 Å². The quantitative estimate of drug-likeness (QED) is 0.736. The topological polar surface area (TPSA) is 44.8 Å². The van der Waals surface area contributed by atoms with Gasteiger partial charge in [0.25, 0.3) is 0 Å². The van der Waals surface area contributed by atoms with Crippen molar-refractivity contribution in [2.24, 2.45) is 0 Å². The van der Waals surface area contributed by atoms with E-state index in [0.29, 0.717) is 13.2 Å². The standard InChI is InChI=1S/C13H27N3O2/c1-4-16(12(2)11-18-3)13(17)10-15-8-5-6-14-7-9-15/h12,14H,4-11H2,1-3H3. The molecule has 0 aromatic carbocycles. The van der Waals surface area contributed by atoms with E-state index in [0.717, 1.165) is 39.1 Å². The number of hydrogen-bond donors (Lipinski definition) is 1. The Balaban J connectivity index is 2.45. The molecule has 106 valence electrons. The van der Waals surface area contributed by atoms with Crippen LogP contribution in [0.5, 0.6) is 0 Å². The Morgan fingerprint density at radius 2 is 2.22 bits per heavy atom. The Hall–Kier alpha value is -0.650. The average molecular weight is 257 g/mol. The van der Waals surface area contributed by atoms with E-state index < -0.39 is 0 Å². The first-order chi connectivity index (χ1) is 8.69. The molecule has 5 nitrogen and oxygen atoms in total. The van der Waals surface area contributed by atoms with Crippen LogP contribution in [0.3, 0.4) is 0 Å². The molecule has 1 N–H and O–H groups in total. The molecule has 1 aliphatic heterocycles. The molecular weight excluding hydrogens is 230 g/mol. The van der Waals surface area contributed by atoms with E-state index >= 15 is 0 Å². The molecule has 0 bridgehead atoms. The zero-order valence-corrected chi connectivity index (χ0v) is 11.9. The average Bonchev–Trinajstić information content (AvgIpc) is 2.59. The van der Waals surface area contributed by atoms with Crippen LogP contribution in [-0.4, -0.2) is 74.7 Å². The summed E-state index contributed by atoms with van der Waals surface area (Å²) in [4.78, 5) is 16.4. The predicted molar refractivity (Wildman–Crippen MR) is 72.7 cm³/mol. The summed E-state index contributed by atoms with van der Waals surface area (Å²) >= 11 is 0. The van der Waals surface area contributed by atoms with E-state index in [4.69, 9.17) is 4.74 Å². The second-order valence-corrected chi connectivity index (χ2v) is 4.86. The normalized spacial score (nSPS) is 19.3. The van der Waals surface area contributed by atoms with Gasteiger partial charge in [0.15, 0.2) is 0 Å². The molecule has 0 spiro atoms. The highest BCUT2D eigenvalue weighted by molar-refractivity contribution is 5.78. The first kappa shape index (κ1) is 15.4. The molecule has 1 amide bonds. The summed E-state index contributed by atoms with van der Waals surface area (Å²) in [7, 11) is 1.68. The summed E-state index contributed by atoms with van der Waals surface area (Å²) < 4.78 is 5.13. The lowest BCUT2D eigenvalue weighted by Gasteiger charge is -2.30. The van der Waals surface area contributed by atoms with Crippen LogP contribution >= 0.6 is 0 Å². The minimum Gasteiger partial charge on any atom is -0.383 e. The Morgan fingerprint density at radius 3 is 2.89 bits per heavy atom. The van der Waals surface area contributed by atoms with E-state index in [1.165, 1.54) is 0 Å². The smallest absolute Gasteiger partial charge is 0.237 e. The largest absolute Gasteiger partial charge is 0.383 e. The van der Waals surface area contributed by atoms with E-state index in [1.54, 1.807) is 7.11 Å². The molecular formula is C13H27N3O2. The third kappa shape index (κ3) is 4.92. The maximum atomic E-state index is 12.3. The van der Waals surface area contributed by atoms with Gasteiger partial charge in [-0.2, -0.15) is 0 Å². The number of hydrogen-bond acceptors (Lipinski definition) is 4. The van der Waals surface area contributed by atoms with E-state index in [1.807, 2.05) is 18.7 Å². The highest BCUT2D eigenvalue weighted by atomic mass is 16.5. The maximum absolute atomic E-state index is 12.3. The number of methoxy groups -OCH3 is 1. The molecule has 0 saturated carbocycles. The number of rotatable bonds is 6. The molecule has 1 saturated heterocycles. The monoisotopic (exact) mass is 257 g/mol. The lowest BCUT2D eigenvalue weighted by molar-refractivity contribution is -0.135. The second kappa shape index (κ2) is 8.45. The van der Waals surface area contributed by atoms with Crippen LogP contribution < -0.4 is 5.32 Å². The Kier molecular flexibility index (Phi) is 7.23. The van der Waals surface area contributed by atoms with Crippen molar-refractivity contribution in [2.75, 3.05) is 53.0 Å². The van der Waals surface area contributed by atoms with Gasteiger partial charge in [0.05, 0.1) is 19.2 Å². The van der Waals surface area contributed by atoms with Gasteiger partial charge in [-0.25, -0.2) is 0 Å². The van der Waals surface area contributed by atoms with Gasteiger partial charge in [-0.1, -0.05) is 0 Å². The van der Waals surface area contributed by atoms with Crippen molar-refractivity contribution >= 4 is 5.91 Å². The third-order valence-electron chi connectivity index (χ3n) is 3.39. The van der Waals surface area contributed by atoms with Gasteiger partial charge < -0.3 is 15.0 Å². The highest BCUT2D eigenvalue weighted by Crippen LogP contribution is 2.03. The summed E-state index contributed by atoms with van der Waals surface area (Å²) in [5.74, 6) is 0.212. The van der Waals surface area contributed by atoms with Gasteiger partial charge in [-0.3, -0.25) is 9.69 Å². The minimum absolute atomic E-state index is 0.151. The molecule has 1 rings (SSSR count). The van der Waals surface area contributed by atoms with E-state index in [2.05, 4.69) is 10.2 Å². The summed E-state index contributed by atoms with van der Waals surface area (Å²) in [6.07, 6.45) is 1.12. The fraction of sp³-hybridized carbons (Fsp3) is 0.923. The molecule has 1 aliphatic rings. The van der Waals surface area contributed by atoms with Crippen molar-refractivity contribution in [2.45, 2.75) is 26.3 Å². The van der Waals surface area contributed by atoms with Crippen LogP contribution in [0.4, 0.5) is 0 Å². The van der Waals surface area contributed by atoms with Gasteiger partial charge in [-0.15, -0.1) is 0 Å². The zero-order chi connectivity index (χ0) is 13.4. The number of carbonyl (C=O) groups excluding carboxylic acids is 1. The van der Waals surface area contributed by atoms with Gasteiger partial charge in [-0.05, 0) is 33.4 Å². The molecule has 0 radical (unpaired) electrons. The Labute approximate surface area is 110 Å². The second-order valence-electron chi connectivity index (χ2n) is 4.86. The van der Waals surface area contributed by atoms with Gasteiger partial charge in [0.2, 0.25) is 5.91 Å². The summed E-state index contributed by atoms with van der Waals surface area (Å²) in [5.41, 5.74) is 0. The Morgan fingerprint density at radius 1 is 1.44 bits per heavy atom. The summed E-state index contributed by atoms with van der Waals surface area (Å²) in [6.45, 7) is 9.94. The summed E-state index contributed by atoms with van der Waals surface area (Å²) in [6, 6.07) is 0.151. The van der Waals surface area contributed by atoms with Crippen LogP contribution in [0.1, 0.15) is 20.3 Å². The van der Waals surface area contributed by atoms with Crippen LogP contribution in [0, 0.1) is 0 Å². The van der Waals surface area contributed by atoms with Crippen LogP contribution in [-0.2, 0) is 9.53 Å². The van der Waals surface area contributed by atoms with Crippen LogP contribution in [0.25, 0.3) is 0 Å². The number of likely N-dealkylation sites (N-methyl/N-ethyl adjacent to an activating group) is 1. The fourth-order valence-electron chi connectivity index (χ4n) is 2.41. The number of ether oxygens (including phenoxy) is 1. The van der Waals surface area contributed by atoms with Crippen molar-refractivity contribution in [3.63, 3.8) is 0 Å². The fourth-order valence-corrected chi connectivity index (χ4v) is 2.41. The molecule has 0 aromatic rings. The third-order valence-corrected chi connectivity index (χ3v) is 3.39. The molecule has 1 heterocycles. The van der Waals surface area contributed by atoms with E-state index in [9.17, 15) is 4.79 Å². The lowest BCUT2D eigenvalue weighted by atomic mass is 10.2. The van der Waals surface area contributed by atoms with Crippen molar-refractivity contribution in [1.82, 2.24) is 15.1 Å². The molecule has 1 unspecified atom stereocenters. The van der Waals surface area contributed by atoms with Crippen molar-refractivity contribution < 1.29 is 9.53 Å². The maximum Gasteiger partial charge on any atom is 0.237 e. The van der Waals surface area contributed by atoms with Gasteiger partial charge >= 0.3 is 0 Å². The minimum atomic E-state index is 0.151. The van der Waals surface area contributed by atoms with Crippen molar-refractivity contribution in [1.29, 1.82) is 0 Å². The van der Waals surface area contributed by atoms with Crippen molar-refractivity contribution in [3.05, 3.63) is 0 Å². The van der Waals surface area contributed by atoms with Crippen LogP contribution in [0.15, 0.2) is 0 Å². The van der Waals surface area contributed by atoms with E-state index in [-0.39, 0.29) is 11.9 Å². The number of carbonyl (C=O) groups is 1. The van der Waals surface area contributed by atoms with Gasteiger partial charge in [0, 0.05) is 26.7 Å². The Bertz CT molecular complexity index is 240. The van der Waals surface area contributed by atoms with Crippen molar-refractivity contribution in [3.8, 4) is 0 Å². The predicted octanol–water partition coefficient (Wildman–Crippen LogP) is 0.165. The first-order valence-corrected chi connectivity index (χ1v) is 6.90. The molecule has 1 atom stereocenters.